The average molecular weight is 539 g/mol. The molecular weight excluding hydrogens is 504 g/mol. The van der Waals surface area contributed by atoms with Crippen molar-refractivity contribution in [1.82, 2.24) is 0 Å². The van der Waals surface area contributed by atoms with Gasteiger partial charge in [0.2, 0.25) is 5.60 Å². The number of oxime groups is 1. The summed E-state index contributed by atoms with van der Waals surface area (Å²) in [5.41, 5.74) is 9.16. The first kappa shape index (κ1) is 29.2. The minimum atomic E-state index is -1.70. The zero-order chi connectivity index (χ0) is 29.0. The quantitative estimate of drug-likeness (QED) is 0.231. The van der Waals surface area contributed by atoms with Crippen LogP contribution in [0.3, 0.4) is 0 Å². The Morgan fingerprint density at radius 1 is 0.974 bits per heavy atom. The summed E-state index contributed by atoms with van der Waals surface area (Å²) in [5.74, 6) is -1.80. The highest BCUT2D eigenvalue weighted by Crippen LogP contribution is 2.34. The predicted molar refractivity (Wildman–Crippen MR) is 145 cm³/mol. The highest BCUT2D eigenvalue weighted by Gasteiger charge is 2.52. The molecule has 3 rings (SSSR count). The van der Waals surface area contributed by atoms with Crippen molar-refractivity contribution in [1.29, 1.82) is 0 Å². The fourth-order valence-electron chi connectivity index (χ4n) is 3.62. The largest absolute Gasteiger partial charge is 0.460 e. The van der Waals surface area contributed by atoms with Crippen LogP contribution in [0.1, 0.15) is 70.3 Å². The number of rotatable bonds is 7. The van der Waals surface area contributed by atoms with E-state index in [9.17, 15) is 14.4 Å². The van der Waals surface area contributed by atoms with Gasteiger partial charge < -0.3 is 30.5 Å². The molecular formula is C28H34N4O7. The van der Waals surface area contributed by atoms with Crippen LogP contribution in [0.5, 0.6) is 5.75 Å². The molecule has 0 bridgehead atoms. The van der Waals surface area contributed by atoms with Gasteiger partial charge in [0.25, 0.3) is 0 Å². The Hall–Kier alpha value is -4.41. The van der Waals surface area contributed by atoms with Crippen LogP contribution in [-0.4, -0.2) is 46.4 Å². The van der Waals surface area contributed by atoms with E-state index in [1.807, 2.05) is 0 Å². The third kappa shape index (κ3) is 8.29. The van der Waals surface area contributed by atoms with Gasteiger partial charge in [-0.1, -0.05) is 17.3 Å². The van der Waals surface area contributed by atoms with Gasteiger partial charge in [-0.2, -0.15) is 0 Å². The maximum atomic E-state index is 13.2. The van der Waals surface area contributed by atoms with E-state index in [0.717, 1.165) is 0 Å². The third-order valence-electron chi connectivity index (χ3n) is 5.14. The van der Waals surface area contributed by atoms with E-state index in [-0.39, 0.29) is 23.7 Å². The number of carbonyl (C=O) groups is 3. The maximum Gasteiger partial charge on any atom is 0.354 e. The van der Waals surface area contributed by atoms with Crippen molar-refractivity contribution in [2.24, 2.45) is 21.6 Å². The summed E-state index contributed by atoms with van der Waals surface area (Å²) in [5, 5.41) is 4.11. The molecule has 0 radical (unpaired) electrons. The second kappa shape index (κ2) is 11.1. The highest BCUT2D eigenvalue weighted by molar-refractivity contribution is 6.06. The van der Waals surface area contributed by atoms with Gasteiger partial charge in [0.15, 0.2) is 5.96 Å². The summed E-state index contributed by atoms with van der Waals surface area (Å²) >= 11 is 0. The number of guanidine groups is 1. The van der Waals surface area contributed by atoms with E-state index >= 15 is 0 Å². The number of benzene rings is 2. The second-order valence-electron chi connectivity index (χ2n) is 11.1. The molecule has 2 aromatic rings. The molecule has 0 aromatic heterocycles. The zero-order valence-electron chi connectivity index (χ0n) is 22.9. The Morgan fingerprint density at radius 3 is 2.21 bits per heavy atom. The van der Waals surface area contributed by atoms with Gasteiger partial charge in [-0.3, -0.25) is 4.79 Å². The molecule has 39 heavy (non-hydrogen) atoms. The Labute approximate surface area is 227 Å². The molecule has 1 atom stereocenters. The fraction of sp³-hybridized carbons (Fsp3) is 0.393. The van der Waals surface area contributed by atoms with Crippen molar-refractivity contribution < 1.29 is 33.4 Å². The number of hydrogen-bond acceptors (Lipinski definition) is 9. The number of hydrogen-bond donors (Lipinski definition) is 2. The molecule has 0 saturated carbocycles. The lowest BCUT2D eigenvalue weighted by Crippen LogP contribution is -2.46. The van der Waals surface area contributed by atoms with Crippen LogP contribution in [0, 0.1) is 0 Å². The Bertz CT molecular complexity index is 1300. The molecule has 0 fully saturated rings. The van der Waals surface area contributed by atoms with E-state index in [2.05, 4.69) is 10.1 Å². The summed E-state index contributed by atoms with van der Waals surface area (Å²) in [6.45, 7) is 10.3. The SMILES string of the molecule is CC(C)(C)OC(=O)C[C@]1(C(=O)OC(C)(C)C)CC(c2cccc(OC(=O)c3ccc(N=C(N)N)cc3)c2)=NO1. The minimum absolute atomic E-state index is 0.0508. The molecule has 2 aromatic carbocycles. The van der Waals surface area contributed by atoms with Crippen LogP contribution >= 0.6 is 0 Å². The molecule has 1 aliphatic rings. The van der Waals surface area contributed by atoms with Crippen LogP contribution in [0.4, 0.5) is 5.69 Å². The molecule has 11 heteroatoms. The molecule has 208 valence electrons. The topological polar surface area (TPSA) is 165 Å². The van der Waals surface area contributed by atoms with Crippen LogP contribution < -0.4 is 16.2 Å². The lowest BCUT2D eigenvalue weighted by molar-refractivity contribution is -0.188. The number of nitrogens with zero attached hydrogens (tertiary/aromatic N) is 2. The first-order chi connectivity index (χ1) is 18.1. The molecule has 0 unspecified atom stereocenters. The molecule has 0 saturated heterocycles. The van der Waals surface area contributed by atoms with Gasteiger partial charge in [-0.25, -0.2) is 14.6 Å². The van der Waals surface area contributed by atoms with Crippen LogP contribution in [0.25, 0.3) is 0 Å². The van der Waals surface area contributed by atoms with E-state index in [0.29, 0.717) is 17.0 Å². The number of carbonyl (C=O) groups excluding carboxylic acids is 3. The van der Waals surface area contributed by atoms with Crippen molar-refractivity contribution in [3.05, 3.63) is 59.7 Å². The Morgan fingerprint density at radius 2 is 1.62 bits per heavy atom. The Kier molecular flexibility index (Phi) is 8.33. The predicted octanol–water partition coefficient (Wildman–Crippen LogP) is 3.75. The van der Waals surface area contributed by atoms with Gasteiger partial charge in [-0.15, -0.1) is 0 Å². The van der Waals surface area contributed by atoms with Crippen LogP contribution in [-0.2, 0) is 23.9 Å². The van der Waals surface area contributed by atoms with Crippen molar-refractivity contribution >= 4 is 35.3 Å². The second-order valence-corrected chi connectivity index (χ2v) is 11.1. The van der Waals surface area contributed by atoms with Gasteiger partial charge >= 0.3 is 17.9 Å². The van der Waals surface area contributed by atoms with Crippen LogP contribution in [0.15, 0.2) is 58.7 Å². The number of esters is 3. The minimum Gasteiger partial charge on any atom is -0.460 e. The summed E-state index contributed by atoms with van der Waals surface area (Å²) in [6.07, 6.45) is -0.443. The average Bonchev–Trinajstić information content (AvgIpc) is 3.22. The van der Waals surface area contributed by atoms with Gasteiger partial charge in [0.05, 0.1) is 23.4 Å². The van der Waals surface area contributed by atoms with Gasteiger partial charge in [0, 0.05) is 12.0 Å². The van der Waals surface area contributed by atoms with Crippen molar-refractivity contribution in [3.63, 3.8) is 0 Å². The number of nitrogens with two attached hydrogens (primary N) is 2. The van der Waals surface area contributed by atoms with Gasteiger partial charge in [-0.05, 0) is 77.9 Å². The zero-order valence-corrected chi connectivity index (χ0v) is 22.9. The highest BCUT2D eigenvalue weighted by atomic mass is 16.7. The van der Waals surface area contributed by atoms with E-state index in [1.54, 1.807) is 77.9 Å². The lowest BCUT2D eigenvalue weighted by Gasteiger charge is -2.29. The van der Waals surface area contributed by atoms with Crippen molar-refractivity contribution in [2.45, 2.75) is 71.2 Å². The van der Waals surface area contributed by atoms with Gasteiger partial charge in [0.1, 0.15) is 17.0 Å². The standard InChI is InChI=1S/C28H34N4O7/c1-26(2,3)37-22(33)16-28(24(35)38-27(4,5)6)15-21(32-39-28)18-8-7-9-20(14-18)36-23(34)17-10-12-19(13-11-17)31-25(29)30/h7-14H,15-16H2,1-6H3,(H4,29,30,31)/t28-/m0/s1. The molecule has 11 nitrogen and oxygen atoms in total. The normalized spacial score (nSPS) is 16.9. The van der Waals surface area contributed by atoms with E-state index < -0.39 is 41.1 Å². The first-order valence-electron chi connectivity index (χ1n) is 12.3. The lowest BCUT2D eigenvalue weighted by atomic mass is 9.90. The third-order valence-corrected chi connectivity index (χ3v) is 5.14. The summed E-state index contributed by atoms with van der Waals surface area (Å²) in [4.78, 5) is 48.1. The summed E-state index contributed by atoms with van der Waals surface area (Å²) in [6, 6.07) is 12.8. The molecule has 1 aliphatic heterocycles. The number of aliphatic imine (C=N–C) groups is 1. The molecule has 0 spiro atoms. The molecule has 0 aliphatic carbocycles. The summed E-state index contributed by atoms with van der Waals surface area (Å²) < 4.78 is 16.5. The van der Waals surface area contributed by atoms with E-state index in [1.165, 1.54) is 12.1 Å². The smallest absolute Gasteiger partial charge is 0.354 e. The van der Waals surface area contributed by atoms with Crippen LogP contribution in [0.2, 0.25) is 0 Å². The fourth-order valence-corrected chi connectivity index (χ4v) is 3.62. The maximum absolute atomic E-state index is 13.2. The van der Waals surface area contributed by atoms with Crippen molar-refractivity contribution in [2.75, 3.05) is 0 Å². The molecule has 0 amide bonds. The van der Waals surface area contributed by atoms with Crippen molar-refractivity contribution in [3.8, 4) is 5.75 Å². The first-order valence-corrected chi connectivity index (χ1v) is 12.3. The number of ether oxygens (including phenoxy) is 3. The van der Waals surface area contributed by atoms with E-state index in [4.69, 9.17) is 30.5 Å². The molecule has 4 N–H and O–H groups in total. The monoisotopic (exact) mass is 538 g/mol. The Balaban J connectivity index is 1.78. The summed E-state index contributed by atoms with van der Waals surface area (Å²) in [7, 11) is 0. The molecule has 1 heterocycles.